The van der Waals surface area contributed by atoms with Crippen molar-refractivity contribution in [2.24, 2.45) is 4.99 Å². The number of benzene rings is 1. The number of hydrogen-bond donors (Lipinski definition) is 0. The van der Waals surface area contributed by atoms with Gasteiger partial charge in [-0.1, -0.05) is 30.5 Å². The van der Waals surface area contributed by atoms with Crippen LogP contribution in [0.1, 0.15) is 38.8 Å². The largest absolute Gasteiger partial charge is 0.490 e. The van der Waals surface area contributed by atoms with Gasteiger partial charge in [-0.3, -0.25) is 14.5 Å². The topological polar surface area (TPSA) is 94.5 Å². The molecule has 1 aromatic carbocycles. The number of aliphatic imine (C=N–C) groups is 1. The van der Waals surface area contributed by atoms with Crippen molar-refractivity contribution >= 4 is 34.8 Å². The molecule has 0 bridgehead atoms. The molecular formula is C22H24N2O6S. The third-order valence-corrected chi connectivity index (χ3v) is 5.55. The molecular weight excluding hydrogens is 420 g/mol. The lowest BCUT2D eigenvalue weighted by Crippen LogP contribution is -2.45. The van der Waals surface area contributed by atoms with E-state index in [1.165, 1.54) is 29.7 Å². The molecule has 2 aliphatic heterocycles. The molecule has 9 heteroatoms. The molecule has 0 N–H and O–H groups in total. The van der Waals surface area contributed by atoms with Gasteiger partial charge in [0.2, 0.25) is 5.91 Å². The first kappa shape index (κ1) is 22.6. The monoisotopic (exact) mass is 444 g/mol. The molecule has 164 valence electrons. The maximum absolute atomic E-state index is 12.9. The first-order chi connectivity index (χ1) is 14.9. The number of allylic oxidation sites excluding steroid dienone is 1. The number of carbonyl (C=O) groups excluding carboxylic acids is 3. The van der Waals surface area contributed by atoms with Crippen LogP contribution in [-0.4, -0.2) is 46.9 Å². The second-order valence-corrected chi connectivity index (χ2v) is 7.84. The van der Waals surface area contributed by atoms with Crippen LogP contribution in [0.25, 0.3) is 0 Å². The van der Waals surface area contributed by atoms with E-state index in [0.29, 0.717) is 41.0 Å². The van der Waals surface area contributed by atoms with Crippen molar-refractivity contribution in [1.82, 2.24) is 4.90 Å². The number of amides is 1. The van der Waals surface area contributed by atoms with E-state index in [2.05, 4.69) is 11.6 Å². The van der Waals surface area contributed by atoms with Crippen LogP contribution in [0.15, 0.2) is 47.1 Å². The van der Waals surface area contributed by atoms with Crippen molar-refractivity contribution in [3.05, 3.63) is 47.7 Å². The fraction of sp³-hybridized carbons (Fsp3) is 0.364. The van der Waals surface area contributed by atoms with E-state index in [-0.39, 0.29) is 23.8 Å². The minimum absolute atomic E-state index is 0.0389. The molecule has 2 aliphatic rings. The standard InChI is InChI=1S/C22H24N2O6S/c1-5-10-29-21(27)19-13(3)23-22-24(18(26)9-11-31-22)20(19)15-7-8-16(30-14(4)25)17(12-15)28-6-2/h5,7-8,12,20H,1,6,9-11H2,2-4H3/t20-/m0/s1. The Kier molecular flexibility index (Phi) is 7.17. The average Bonchev–Trinajstić information content (AvgIpc) is 2.72. The molecule has 0 unspecified atom stereocenters. The third-order valence-electron chi connectivity index (χ3n) is 4.60. The van der Waals surface area contributed by atoms with E-state index in [4.69, 9.17) is 14.2 Å². The van der Waals surface area contributed by atoms with Crippen molar-refractivity contribution in [1.29, 1.82) is 0 Å². The Labute approximate surface area is 184 Å². The summed E-state index contributed by atoms with van der Waals surface area (Å²) < 4.78 is 16.2. The van der Waals surface area contributed by atoms with Crippen LogP contribution in [0.4, 0.5) is 0 Å². The zero-order valence-electron chi connectivity index (χ0n) is 17.7. The Bertz CT molecular complexity index is 984. The number of thioether (sulfide) groups is 1. The summed E-state index contributed by atoms with van der Waals surface area (Å²) in [6.07, 6.45) is 1.81. The summed E-state index contributed by atoms with van der Waals surface area (Å²) in [5.74, 6) is 0.0425. The van der Waals surface area contributed by atoms with Gasteiger partial charge in [0.05, 0.1) is 23.9 Å². The van der Waals surface area contributed by atoms with Crippen molar-refractivity contribution in [2.75, 3.05) is 19.0 Å². The van der Waals surface area contributed by atoms with Crippen LogP contribution in [0.3, 0.4) is 0 Å². The Morgan fingerprint density at radius 1 is 1.35 bits per heavy atom. The van der Waals surface area contributed by atoms with Crippen LogP contribution in [0, 0.1) is 0 Å². The quantitative estimate of drug-likeness (QED) is 0.361. The Morgan fingerprint density at radius 2 is 2.13 bits per heavy atom. The smallest absolute Gasteiger partial charge is 0.338 e. The molecule has 1 amide bonds. The van der Waals surface area contributed by atoms with Crippen LogP contribution in [0.5, 0.6) is 11.5 Å². The molecule has 31 heavy (non-hydrogen) atoms. The minimum Gasteiger partial charge on any atom is -0.490 e. The van der Waals surface area contributed by atoms with Crippen molar-refractivity contribution in [3.8, 4) is 11.5 Å². The molecule has 8 nitrogen and oxygen atoms in total. The number of hydrogen-bond acceptors (Lipinski definition) is 8. The summed E-state index contributed by atoms with van der Waals surface area (Å²) in [7, 11) is 0. The highest BCUT2D eigenvalue weighted by Crippen LogP contribution is 2.42. The lowest BCUT2D eigenvalue weighted by molar-refractivity contribution is -0.139. The molecule has 3 rings (SSSR count). The number of ether oxygens (including phenoxy) is 3. The molecule has 1 saturated heterocycles. The molecule has 0 aliphatic carbocycles. The lowest BCUT2D eigenvalue weighted by atomic mass is 9.93. The first-order valence-corrected chi connectivity index (χ1v) is 10.8. The molecule has 0 saturated carbocycles. The molecule has 0 aromatic heterocycles. The summed E-state index contributed by atoms with van der Waals surface area (Å²) in [5, 5.41) is 0.543. The Hall–Kier alpha value is -3.07. The number of rotatable bonds is 7. The number of nitrogens with zero attached hydrogens (tertiary/aromatic N) is 2. The maximum atomic E-state index is 12.9. The number of esters is 2. The van der Waals surface area contributed by atoms with E-state index < -0.39 is 18.0 Å². The minimum atomic E-state index is -0.740. The summed E-state index contributed by atoms with van der Waals surface area (Å²) in [6.45, 7) is 8.78. The second kappa shape index (κ2) is 9.82. The zero-order chi connectivity index (χ0) is 22.5. The van der Waals surface area contributed by atoms with Crippen LogP contribution in [0.2, 0.25) is 0 Å². The lowest BCUT2D eigenvalue weighted by Gasteiger charge is -2.39. The Balaban J connectivity index is 2.13. The van der Waals surface area contributed by atoms with Gasteiger partial charge >= 0.3 is 11.9 Å². The van der Waals surface area contributed by atoms with Gasteiger partial charge < -0.3 is 14.2 Å². The molecule has 1 aromatic rings. The highest BCUT2D eigenvalue weighted by Gasteiger charge is 2.42. The van der Waals surface area contributed by atoms with E-state index in [0.717, 1.165) is 0 Å². The zero-order valence-corrected chi connectivity index (χ0v) is 18.5. The second-order valence-electron chi connectivity index (χ2n) is 6.78. The van der Waals surface area contributed by atoms with Gasteiger partial charge in [-0.2, -0.15) is 0 Å². The average molecular weight is 445 g/mol. The van der Waals surface area contributed by atoms with Gasteiger partial charge in [-0.05, 0) is 31.5 Å². The van der Waals surface area contributed by atoms with Crippen molar-refractivity contribution < 1.29 is 28.6 Å². The first-order valence-electron chi connectivity index (χ1n) is 9.84. The predicted octanol–water partition coefficient (Wildman–Crippen LogP) is 3.39. The summed E-state index contributed by atoms with van der Waals surface area (Å²) in [4.78, 5) is 43.2. The normalized spacial score (nSPS) is 18.2. The summed E-state index contributed by atoms with van der Waals surface area (Å²) in [5.41, 5.74) is 1.37. The fourth-order valence-electron chi connectivity index (χ4n) is 3.39. The third kappa shape index (κ3) is 4.82. The molecule has 0 spiro atoms. The van der Waals surface area contributed by atoms with Gasteiger partial charge in [0.15, 0.2) is 16.7 Å². The predicted molar refractivity (Wildman–Crippen MR) is 117 cm³/mol. The summed E-state index contributed by atoms with van der Waals surface area (Å²) >= 11 is 1.46. The maximum Gasteiger partial charge on any atom is 0.338 e. The van der Waals surface area contributed by atoms with Crippen LogP contribution >= 0.6 is 11.8 Å². The van der Waals surface area contributed by atoms with Crippen LogP contribution in [-0.2, 0) is 19.1 Å². The molecule has 2 heterocycles. The highest BCUT2D eigenvalue weighted by molar-refractivity contribution is 8.14. The van der Waals surface area contributed by atoms with Gasteiger partial charge in [-0.15, -0.1) is 0 Å². The summed E-state index contributed by atoms with van der Waals surface area (Å²) in [6, 6.07) is 4.23. The van der Waals surface area contributed by atoms with Gasteiger partial charge in [-0.25, -0.2) is 9.79 Å². The van der Waals surface area contributed by atoms with E-state index in [9.17, 15) is 14.4 Å². The van der Waals surface area contributed by atoms with Gasteiger partial charge in [0.1, 0.15) is 6.61 Å². The Morgan fingerprint density at radius 3 is 2.81 bits per heavy atom. The molecule has 1 atom stereocenters. The highest BCUT2D eigenvalue weighted by atomic mass is 32.2. The SMILES string of the molecule is C=CCOC(=O)C1=C(C)N=C2SCCC(=O)N2[C@H]1c1ccc(OC(C)=O)c(OCC)c1. The van der Waals surface area contributed by atoms with Gasteiger partial charge in [0.25, 0.3) is 0 Å². The van der Waals surface area contributed by atoms with Crippen molar-refractivity contribution in [2.45, 2.75) is 33.2 Å². The van der Waals surface area contributed by atoms with Crippen molar-refractivity contribution in [3.63, 3.8) is 0 Å². The van der Waals surface area contributed by atoms with E-state index >= 15 is 0 Å². The fourth-order valence-corrected chi connectivity index (χ4v) is 4.39. The number of amidine groups is 1. The van der Waals surface area contributed by atoms with E-state index in [1.807, 2.05) is 6.92 Å². The number of fused-ring (bicyclic) bond motifs is 1. The molecule has 1 fully saturated rings. The molecule has 0 radical (unpaired) electrons. The number of carbonyl (C=O) groups is 3. The van der Waals surface area contributed by atoms with Gasteiger partial charge in [0, 0.05) is 19.1 Å². The van der Waals surface area contributed by atoms with E-state index in [1.54, 1.807) is 25.1 Å². The van der Waals surface area contributed by atoms with Crippen LogP contribution < -0.4 is 9.47 Å².